The van der Waals surface area contributed by atoms with Gasteiger partial charge in [0.2, 0.25) is 0 Å². The Bertz CT molecular complexity index is 257. The Balaban J connectivity index is 1.82. The summed E-state index contributed by atoms with van der Waals surface area (Å²) in [6.07, 6.45) is 7.07. The first-order chi connectivity index (χ1) is 5.84. The third-order valence-corrected chi connectivity index (χ3v) is 2.19. The number of carbonyl (C=O) groups excluding carboxylic acids is 1. The molecule has 0 aromatic carbocycles. The van der Waals surface area contributed by atoms with E-state index in [1.807, 2.05) is 6.07 Å². The van der Waals surface area contributed by atoms with Gasteiger partial charge in [-0.25, -0.2) is 0 Å². The molecule has 0 saturated heterocycles. The summed E-state index contributed by atoms with van der Waals surface area (Å²) in [4.78, 5) is 11.3. The van der Waals surface area contributed by atoms with E-state index in [1.165, 1.54) is 12.8 Å². The van der Waals surface area contributed by atoms with E-state index in [-0.39, 0.29) is 0 Å². The molecule has 1 fully saturated rings. The highest BCUT2D eigenvalue weighted by Crippen LogP contribution is 2.32. The molecule has 0 amide bonds. The second-order valence-electron chi connectivity index (χ2n) is 3.49. The smallest absolute Gasteiger partial charge is 0.137 e. The Morgan fingerprint density at radius 3 is 3.00 bits per heavy atom. The van der Waals surface area contributed by atoms with Gasteiger partial charge in [0.25, 0.3) is 0 Å². The summed E-state index contributed by atoms with van der Waals surface area (Å²) >= 11 is 0. The lowest BCUT2D eigenvalue weighted by atomic mass is 10.1. The Hall–Kier alpha value is -1.05. The lowest BCUT2D eigenvalue weighted by molar-refractivity contribution is -0.118. The molecule has 1 aromatic heterocycles. The Morgan fingerprint density at radius 2 is 2.42 bits per heavy atom. The van der Waals surface area contributed by atoms with Gasteiger partial charge in [-0.3, -0.25) is 4.79 Å². The van der Waals surface area contributed by atoms with Crippen molar-refractivity contribution in [2.75, 3.05) is 0 Å². The second-order valence-corrected chi connectivity index (χ2v) is 3.49. The maximum atomic E-state index is 11.3. The summed E-state index contributed by atoms with van der Waals surface area (Å²) in [6, 6.07) is 1.85. The number of hydrogen-bond donors (Lipinski definition) is 0. The van der Waals surface area contributed by atoms with E-state index < -0.39 is 0 Å². The first-order valence-corrected chi connectivity index (χ1v) is 4.37. The van der Waals surface area contributed by atoms with Gasteiger partial charge in [0.05, 0.1) is 12.5 Å². The molecule has 12 heavy (non-hydrogen) atoms. The summed E-state index contributed by atoms with van der Waals surface area (Å²) in [6.45, 7) is 0. The summed E-state index contributed by atoms with van der Waals surface area (Å²) in [7, 11) is 0. The summed E-state index contributed by atoms with van der Waals surface area (Å²) in [5.74, 6) is 1.04. The largest absolute Gasteiger partial charge is 0.472 e. The van der Waals surface area contributed by atoms with Gasteiger partial charge in [0.15, 0.2) is 0 Å². The van der Waals surface area contributed by atoms with E-state index in [0.29, 0.717) is 18.1 Å². The fraction of sp³-hybridized carbons (Fsp3) is 0.500. The molecular weight excluding hydrogens is 152 g/mol. The van der Waals surface area contributed by atoms with Crippen LogP contribution in [0.5, 0.6) is 0 Å². The van der Waals surface area contributed by atoms with E-state index in [1.54, 1.807) is 12.5 Å². The minimum atomic E-state index is 0.346. The van der Waals surface area contributed by atoms with Crippen LogP contribution < -0.4 is 0 Å². The molecule has 0 bridgehead atoms. The normalized spacial score (nSPS) is 16.3. The summed E-state index contributed by atoms with van der Waals surface area (Å²) in [5, 5.41) is 0. The minimum Gasteiger partial charge on any atom is -0.472 e. The van der Waals surface area contributed by atoms with Crippen LogP contribution in [0.4, 0.5) is 0 Å². The van der Waals surface area contributed by atoms with Crippen LogP contribution in [0.25, 0.3) is 0 Å². The molecular formula is C10H12O2. The van der Waals surface area contributed by atoms with Crippen LogP contribution in [-0.4, -0.2) is 5.78 Å². The van der Waals surface area contributed by atoms with Crippen molar-refractivity contribution in [3.63, 3.8) is 0 Å². The molecule has 2 heteroatoms. The number of Topliss-reactive ketones (excluding diaryl/α,β-unsaturated/α-hetero) is 1. The highest BCUT2D eigenvalue weighted by Gasteiger charge is 2.24. The first kappa shape index (κ1) is 7.59. The van der Waals surface area contributed by atoms with Gasteiger partial charge in [-0.05, 0) is 30.4 Å². The average molecular weight is 164 g/mol. The van der Waals surface area contributed by atoms with Gasteiger partial charge in [0.1, 0.15) is 5.78 Å². The van der Waals surface area contributed by atoms with Gasteiger partial charge in [0, 0.05) is 12.8 Å². The standard InChI is InChI=1S/C10H12O2/c11-10(5-8-1-2-8)6-9-3-4-12-7-9/h3-4,7-8H,1-2,5-6H2. The Morgan fingerprint density at radius 1 is 1.58 bits per heavy atom. The lowest BCUT2D eigenvalue weighted by Crippen LogP contribution is -2.02. The molecule has 1 aliphatic carbocycles. The third-order valence-electron chi connectivity index (χ3n) is 2.19. The molecule has 0 atom stereocenters. The molecule has 64 valence electrons. The number of hydrogen-bond acceptors (Lipinski definition) is 2. The molecule has 0 radical (unpaired) electrons. The van der Waals surface area contributed by atoms with E-state index in [9.17, 15) is 4.79 Å². The van der Waals surface area contributed by atoms with Crippen LogP contribution in [-0.2, 0) is 11.2 Å². The predicted molar refractivity (Wildman–Crippen MR) is 44.8 cm³/mol. The van der Waals surface area contributed by atoms with Gasteiger partial charge in [-0.2, -0.15) is 0 Å². The van der Waals surface area contributed by atoms with Gasteiger partial charge < -0.3 is 4.42 Å². The lowest BCUT2D eigenvalue weighted by Gasteiger charge is -1.94. The molecule has 2 rings (SSSR count). The molecule has 1 aliphatic rings. The van der Waals surface area contributed by atoms with E-state index in [2.05, 4.69) is 0 Å². The van der Waals surface area contributed by atoms with Crippen molar-refractivity contribution in [2.45, 2.75) is 25.7 Å². The van der Waals surface area contributed by atoms with Crippen molar-refractivity contribution in [3.05, 3.63) is 24.2 Å². The maximum Gasteiger partial charge on any atom is 0.137 e. The van der Waals surface area contributed by atoms with Gasteiger partial charge >= 0.3 is 0 Å². The molecule has 0 spiro atoms. The molecule has 0 unspecified atom stereocenters. The fourth-order valence-corrected chi connectivity index (χ4v) is 1.34. The highest BCUT2D eigenvalue weighted by atomic mass is 16.3. The van der Waals surface area contributed by atoms with Crippen LogP contribution in [0.3, 0.4) is 0 Å². The summed E-state index contributed by atoms with van der Waals surface area (Å²) in [5.41, 5.74) is 1.00. The third kappa shape index (κ3) is 1.97. The highest BCUT2D eigenvalue weighted by molar-refractivity contribution is 5.81. The second kappa shape index (κ2) is 3.13. The quantitative estimate of drug-likeness (QED) is 0.682. The zero-order chi connectivity index (χ0) is 8.39. The topological polar surface area (TPSA) is 30.2 Å². The predicted octanol–water partition coefficient (Wildman–Crippen LogP) is 2.19. The van der Waals surface area contributed by atoms with Crippen LogP contribution in [0.1, 0.15) is 24.8 Å². The zero-order valence-corrected chi connectivity index (χ0v) is 6.95. The number of ketones is 1. The van der Waals surface area contributed by atoms with Crippen molar-refractivity contribution in [3.8, 4) is 0 Å². The molecule has 0 N–H and O–H groups in total. The van der Waals surface area contributed by atoms with Crippen molar-refractivity contribution in [1.82, 2.24) is 0 Å². The number of carbonyl (C=O) groups is 1. The van der Waals surface area contributed by atoms with Gasteiger partial charge in [-0.1, -0.05) is 0 Å². The number of furan rings is 1. The zero-order valence-electron chi connectivity index (χ0n) is 6.95. The first-order valence-electron chi connectivity index (χ1n) is 4.37. The van der Waals surface area contributed by atoms with Crippen molar-refractivity contribution in [2.24, 2.45) is 5.92 Å². The molecule has 0 aliphatic heterocycles. The van der Waals surface area contributed by atoms with Crippen LogP contribution in [0.2, 0.25) is 0 Å². The molecule has 1 aromatic rings. The Labute approximate surface area is 71.6 Å². The van der Waals surface area contributed by atoms with Crippen molar-refractivity contribution < 1.29 is 9.21 Å². The van der Waals surface area contributed by atoms with E-state index in [0.717, 1.165) is 12.0 Å². The van der Waals surface area contributed by atoms with Crippen molar-refractivity contribution in [1.29, 1.82) is 0 Å². The van der Waals surface area contributed by atoms with E-state index in [4.69, 9.17) is 4.42 Å². The Kier molecular flexibility index (Phi) is 1.98. The monoisotopic (exact) mass is 164 g/mol. The van der Waals surface area contributed by atoms with Gasteiger partial charge in [-0.15, -0.1) is 0 Å². The summed E-state index contributed by atoms with van der Waals surface area (Å²) < 4.78 is 4.88. The van der Waals surface area contributed by atoms with E-state index >= 15 is 0 Å². The SMILES string of the molecule is O=C(Cc1ccoc1)CC1CC1. The molecule has 1 saturated carbocycles. The minimum absolute atomic E-state index is 0.346. The number of rotatable bonds is 4. The molecule has 1 heterocycles. The van der Waals surface area contributed by atoms with Crippen LogP contribution in [0, 0.1) is 5.92 Å². The average Bonchev–Trinajstić information content (AvgIpc) is 2.66. The van der Waals surface area contributed by atoms with Crippen molar-refractivity contribution >= 4 is 5.78 Å². The molecule has 2 nitrogen and oxygen atoms in total. The maximum absolute atomic E-state index is 11.3. The van der Waals surface area contributed by atoms with Crippen LogP contribution in [0.15, 0.2) is 23.0 Å². The van der Waals surface area contributed by atoms with Crippen LogP contribution >= 0.6 is 0 Å². The fourth-order valence-electron chi connectivity index (χ4n) is 1.34.